The first-order valence-corrected chi connectivity index (χ1v) is 23.3. The summed E-state index contributed by atoms with van der Waals surface area (Å²) in [6, 6.07) is 0. The summed E-state index contributed by atoms with van der Waals surface area (Å²) in [5, 5.41) is 256. The third-order valence-electron chi connectivity index (χ3n) is 12.1. The third kappa shape index (κ3) is 15.6. The molecule has 0 aliphatic carbocycles. The second kappa shape index (κ2) is 29.5. The molecule has 8 heterocycles. The molecule has 8 rings (SSSR count). The fraction of sp³-hybridized carbons (Fsp3) is 0.810. The predicted molar refractivity (Wildman–Crippen MR) is 236 cm³/mol. The Morgan fingerprint density at radius 2 is 0.737 bits per heavy atom. The molecule has 34 nitrogen and oxygen atoms in total. The van der Waals surface area contributed by atoms with E-state index in [-0.39, 0.29) is 0 Å². The van der Waals surface area contributed by atoms with E-state index in [0.29, 0.717) is 6.08 Å². The van der Waals surface area contributed by atoms with Gasteiger partial charge in [0.1, 0.15) is 104 Å². The normalized spacial score (nSPS) is 44.3. The average molecular weight is 1120 g/mol. The lowest BCUT2D eigenvalue weighted by atomic mass is 9.98. The van der Waals surface area contributed by atoms with Gasteiger partial charge in [0.25, 0.3) is 0 Å². The molecule has 0 saturated carbocycles. The molecule has 8 aliphatic heterocycles. The largest absolute Gasteiger partial charge is 0.510 e. The van der Waals surface area contributed by atoms with Crippen molar-refractivity contribution in [1.82, 2.24) is 0 Å². The van der Waals surface area contributed by atoms with Gasteiger partial charge in [0.05, 0.1) is 19.8 Å². The molecule has 0 aromatic carbocycles. The lowest BCUT2D eigenvalue weighted by Crippen LogP contribution is -2.62. The smallest absolute Gasteiger partial charge is 0.319 e. The molecule has 0 aromatic heterocycles. The van der Waals surface area contributed by atoms with Crippen LogP contribution in [0.15, 0.2) is 46.6 Å². The molecule has 22 atom stereocenters. The lowest BCUT2D eigenvalue weighted by Gasteiger charge is -2.44. The van der Waals surface area contributed by atoms with Gasteiger partial charge in [-0.05, 0) is 0 Å². The van der Waals surface area contributed by atoms with E-state index in [4.69, 9.17) is 47.4 Å². The highest BCUT2D eigenvalue weighted by molar-refractivity contribution is 5.12. The van der Waals surface area contributed by atoms with Crippen LogP contribution < -0.4 is 0 Å². The minimum absolute atomic E-state index is 0.334. The Kier molecular flexibility index (Phi) is 25.2. The van der Waals surface area contributed by atoms with Gasteiger partial charge < -0.3 is 170 Å². The monoisotopic (exact) mass is 1120 g/mol. The maximum absolute atomic E-state index is 11.3. The van der Waals surface area contributed by atoms with Crippen LogP contribution >= 0.6 is 0 Å². The molecular weight excluding hydrogens is 1050 g/mol. The summed E-state index contributed by atoms with van der Waals surface area (Å²) >= 11 is 0. The standard InChI is InChI=1S/C42H70O34/c43-5-1-15-14(51)9-42(66,13-50)76-35-21(12-49)73-41(32(62)27(35)57)70-18(4-8-46)24(54)36(63)74-33-19(10-47)72-40(31(61)26(33)56)69-17(3-7-45)23(53)28(58)37(64)67-16(2-6-44)22(52)29(59)38(65)75-34-20(11-48)71-39(68-15)30(60)25(34)55/h9,15-21,25-27,30-35,37-41,43-66H,1-8,10-13H2/b14-9+,28-23-,29-22+,36-24?. The second-order valence-corrected chi connectivity index (χ2v) is 17.4. The van der Waals surface area contributed by atoms with E-state index in [1.54, 1.807) is 0 Å². The number of aliphatic hydroxyl groups excluding tert-OH is 23. The SMILES string of the molecule is OCCC1OC2OC(CO)C(OC(O)(CO)/C=C(/O)C(CCO)OC3OC(CO)C(OC(O)/C(O)=C(\O)C(CCO)OC(O)/C(O)=C(/O)C(CCO)OC4OC(CO)C(OC(O)=C1O)C(O)C4O)C(O)C3O)C(O)C2O. The zero-order valence-electron chi connectivity index (χ0n) is 40.0. The minimum Gasteiger partial charge on any atom is -0.510 e. The van der Waals surface area contributed by atoms with E-state index < -0.39 is 254 Å². The molecule has 22 unspecified atom stereocenters. The highest BCUT2D eigenvalue weighted by atomic mass is 16.8. The molecule has 6 bridgehead atoms. The molecule has 24 N–H and O–H groups in total. The van der Waals surface area contributed by atoms with Crippen LogP contribution in [0.5, 0.6) is 0 Å². The number of rotatable bonds is 12. The van der Waals surface area contributed by atoms with Crippen LogP contribution in [-0.4, -0.2) is 310 Å². The van der Waals surface area contributed by atoms with Gasteiger partial charge in [-0.15, -0.1) is 0 Å². The van der Waals surface area contributed by atoms with Crippen molar-refractivity contribution in [3.8, 4) is 0 Å². The van der Waals surface area contributed by atoms with Crippen LogP contribution in [0, 0.1) is 0 Å². The molecule has 3 fully saturated rings. The van der Waals surface area contributed by atoms with Crippen molar-refractivity contribution in [2.45, 2.75) is 161 Å². The number of aliphatic hydroxyl groups is 24. The molecule has 34 heteroatoms. The quantitative estimate of drug-likeness (QED) is 0.0863. The molecule has 8 aliphatic rings. The van der Waals surface area contributed by atoms with Crippen molar-refractivity contribution in [1.29, 1.82) is 0 Å². The van der Waals surface area contributed by atoms with Crippen molar-refractivity contribution < 1.29 is 170 Å². The number of ether oxygens (including phenoxy) is 10. The highest BCUT2D eigenvalue weighted by Gasteiger charge is 2.52. The maximum atomic E-state index is 11.3. The van der Waals surface area contributed by atoms with Gasteiger partial charge in [-0.1, -0.05) is 0 Å². The Labute approximate surface area is 429 Å². The van der Waals surface area contributed by atoms with Crippen molar-refractivity contribution >= 4 is 0 Å². The van der Waals surface area contributed by atoms with Crippen LogP contribution in [-0.2, 0) is 47.4 Å². The highest BCUT2D eigenvalue weighted by Crippen LogP contribution is 2.34. The fourth-order valence-electron chi connectivity index (χ4n) is 8.02. The zero-order valence-corrected chi connectivity index (χ0v) is 40.0. The van der Waals surface area contributed by atoms with Crippen molar-refractivity contribution in [3.05, 3.63) is 46.6 Å². The van der Waals surface area contributed by atoms with E-state index in [9.17, 15) is 123 Å². The van der Waals surface area contributed by atoms with Crippen molar-refractivity contribution in [2.24, 2.45) is 0 Å². The first kappa shape index (κ1) is 64.8. The second-order valence-electron chi connectivity index (χ2n) is 17.4. The van der Waals surface area contributed by atoms with E-state index in [0.717, 1.165) is 0 Å². The Hall–Kier alpha value is -3.68. The lowest BCUT2D eigenvalue weighted by molar-refractivity contribution is -0.345. The minimum atomic E-state index is -3.15. The van der Waals surface area contributed by atoms with E-state index in [1.807, 2.05) is 0 Å². The van der Waals surface area contributed by atoms with Gasteiger partial charge in [-0.3, -0.25) is 0 Å². The van der Waals surface area contributed by atoms with Gasteiger partial charge in [0, 0.05) is 58.2 Å². The van der Waals surface area contributed by atoms with Crippen LogP contribution in [0.2, 0.25) is 0 Å². The maximum Gasteiger partial charge on any atom is 0.319 e. The molecule has 0 spiro atoms. The fourth-order valence-corrected chi connectivity index (χ4v) is 8.02. The zero-order chi connectivity index (χ0) is 56.9. The van der Waals surface area contributed by atoms with Gasteiger partial charge in [0.2, 0.25) is 24.1 Å². The van der Waals surface area contributed by atoms with Crippen LogP contribution in [0.3, 0.4) is 0 Å². The Morgan fingerprint density at radius 1 is 0.382 bits per heavy atom. The molecule has 3 saturated heterocycles. The van der Waals surface area contributed by atoms with Gasteiger partial charge in [0.15, 0.2) is 48.0 Å². The molecule has 76 heavy (non-hydrogen) atoms. The first-order valence-electron chi connectivity index (χ1n) is 23.3. The summed E-state index contributed by atoms with van der Waals surface area (Å²) in [5.41, 5.74) is 0. The van der Waals surface area contributed by atoms with E-state index in [2.05, 4.69) is 0 Å². The molecule has 0 aromatic rings. The number of fused-ring (bicyclic) bond motifs is 1. The predicted octanol–water partition coefficient (Wildman–Crippen LogP) is -8.76. The van der Waals surface area contributed by atoms with Crippen molar-refractivity contribution in [3.63, 3.8) is 0 Å². The number of hydrogen-bond donors (Lipinski definition) is 24. The summed E-state index contributed by atoms with van der Waals surface area (Å²) in [4.78, 5) is 0. The molecule has 0 radical (unpaired) electrons. The third-order valence-corrected chi connectivity index (χ3v) is 12.1. The number of hydrogen-bond acceptors (Lipinski definition) is 34. The van der Waals surface area contributed by atoms with Gasteiger partial charge in [-0.2, -0.15) is 0 Å². The Balaban J connectivity index is 1.81. The van der Waals surface area contributed by atoms with E-state index >= 15 is 0 Å². The summed E-state index contributed by atoms with van der Waals surface area (Å²) in [6.07, 6.45) is -48.3. The van der Waals surface area contributed by atoms with Crippen LogP contribution in [0.1, 0.15) is 25.7 Å². The molecule has 442 valence electrons. The topological polar surface area (TPSA) is 578 Å². The average Bonchev–Trinajstić information content (AvgIpc) is 3.40. The summed E-state index contributed by atoms with van der Waals surface area (Å²) < 4.78 is 54.0. The van der Waals surface area contributed by atoms with Gasteiger partial charge in [-0.25, -0.2) is 0 Å². The van der Waals surface area contributed by atoms with Crippen LogP contribution in [0.4, 0.5) is 0 Å². The summed E-state index contributed by atoms with van der Waals surface area (Å²) in [5.74, 6) is -13.3. The Morgan fingerprint density at radius 3 is 1.17 bits per heavy atom. The van der Waals surface area contributed by atoms with Crippen LogP contribution in [0.25, 0.3) is 0 Å². The molecular formula is C42H70O34. The summed E-state index contributed by atoms with van der Waals surface area (Å²) in [7, 11) is 0. The molecule has 0 amide bonds. The van der Waals surface area contributed by atoms with Crippen molar-refractivity contribution in [2.75, 3.05) is 52.9 Å². The van der Waals surface area contributed by atoms with Gasteiger partial charge >= 0.3 is 5.95 Å². The summed E-state index contributed by atoms with van der Waals surface area (Å²) in [6.45, 7) is -8.51. The Bertz CT molecular complexity index is 1900. The first-order chi connectivity index (χ1) is 35.9. The van der Waals surface area contributed by atoms with E-state index in [1.165, 1.54) is 0 Å².